The summed E-state index contributed by atoms with van der Waals surface area (Å²) in [6.07, 6.45) is 1.80. The summed E-state index contributed by atoms with van der Waals surface area (Å²) in [5.74, 6) is 1.15. The summed E-state index contributed by atoms with van der Waals surface area (Å²) in [5, 5.41) is 0. The third kappa shape index (κ3) is 2.49. The second-order valence-corrected chi connectivity index (χ2v) is 4.74. The number of aromatic nitrogens is 2. The molecule has 0 atom stereocenters. The normalized spacial score (nSPS) is 11.1. The van der Waals surface area contributed by atoms with Gasteiger partial charge in [-0.3, -0.25) is 0 Å². The van der Waals surface area contributed by atoms with Gasteiger partial charge < -0.3 is 10.3 Å². The Morgan fingerprint density at radius 2 is 1.88 bits per heavy atom. The lowest BCUT2D eigenvalue weighted by atomic mass is 10.0. The Morgan fingerprint density at radius 3 is 2.35 bits per heavy atom. The predicted octanol–water partition coefficient (Wildman–Crippen LogP) is 2.95. The van der Waals surface area contributed by atoms with Crippen LogP contribution in [-0.2, 0) is 6.54 Å². The molecule has 0 aliphatic rings. The van der Waals surface area contributed by atoms with Crippen LogP contribution in [0, 0.1) is 6.92 Å². The van der Waals surface area contributed by atoms with Crippen LogP contribution in [0.15, 0.2) is 30.5 Å². The van der Waals surface area contributed by atoms with Crippen molar-refractivity contribution in [1.82, 2.24) is 9.55 Å². The molecule has 17 heavy (non-hydrogen) atoms. The number of imidazole rings is 1. The second kappa shape index (κ2) is 4.62. The largest absolute Gasteiger partial charge is 0.369 e. The molecule has 0 fully saturated rings. The summed E-state index contributed by atoms with van der Waals surface area (Å²) >= 11 is 0. The highest BCUT2D eigenvalue weighted by atomic mass is 15.1. The van der Waals surface area contributed by atoms with E-state index in [9.17, 15) is 0 Å². The minimum atomic E-state index is 0.573. The molecule has 0 saturated heterocycles. The number of benzene rings is 1. The highest BCUT2D eigenvalue weighted by Crippen LogP contribution is 2.16. The third-order valence-corrected chi connectivity index (χ3v) is 3.07. The number of nitrogens with zero attached hydrogens (tertiary/aromatic N) is 2. The summed E-state index contributed by atoms with van der Waals surface area (Å²) in [4.78, 5) is 4.10. The van der Waals surface area contributed by atoms with Crippen molar-refractivity contribution in [1.29, 1.82) is 0 Å². The molecule has 0 aliphatic carbocycles. The molecule has 0 aliphatic heterocycles. The van der Waals surface area contributed by atoms with Gasteiger partial charge in [0.2, 0.25) is 5.95 Å². The lowest BCUT2D eigenvalue weighted by Crippen LogP contribution is -2.06. The molecule has 0 saturated carbocycles. The van der Waals surface area contributed by atoms with E-state index < -0.39 is 0 Å². The molecule has 3 heteroatoms. The highest BCUT2D eigenvalue weighted by Gasteiger charge is 2.04. The number of rotatable bonds is 3. The number of aryl methyl sites for hydroxylation is 1. The van der Waals surface area contributed by atoms with Gasteiger partial charge in [0.1, 0.15) is 0 Å². The van der Waals surface area contributed by atoms with Crippen molar-refractivity contribution >= 4 is 5.95 Å². The van der Waals surface area contributed by atoms with Crippen LogP contribution < -0.4 is 5.73 Å². The number of hydrogen-bond acceptors (Lipinski definition) is 2. The Bertz CT molecular complexity index is 475. The molecule has 3 nitrogen and oxygen atoms in total. The van der Waals surface area contributed by atoms with E-state index in [0.717, 1.165) is 12.2 Å². The number of hydrogen-bond donors (Lipinski definition) is 1. The summed E-state index contributed by atoms with van der Waals surface area (Å²) in [5.41, 5.74) is 9.53. The van der Waals surface area contributed by atoms with E-state index in [1.807, 2.05) is 11.5 Å². The van der Waals surface area contributed by atoms with E-state index >= 15 is 0 Å². The first-order chi connectivity index (χ1) is 8.08. The van der Waals surface area contributed by atoms with Gasteiger partial charge in [0, 0.05) is 5.69 Å². The zero-order valence-electron chi connectivity index (χ0n) is 10.6. The van der Waals surface area contributed by atoms with Gasteiger partial charge in [0.15, 0.2) is 0 Å². The minimum absolute atomic E-state index is 0.573. The average Bonchev–Trinajstić information content (AvgIpc) is 2.61. The van der Waals surface area contributed by atoms with Gasteiger partial charge in [-0.15, -0.1) is 0 Å². The molecule has 0 unspecified atom stereocenters. The first kappa shape index (κ1) is 11.7. The Labute approximate surface area is 102 Å². The molecule has 0 amide bonds. The SMILES string of the molecule is Cc1cnc(N)n1Cc1ccc(C(C)C)cc1. The summed E-state index contributed by atoms with van der Waals surface area (Å²) in [7, 11) is 0. The standard InChI is InChI=1S/C14H19N3/c1-10(2)13-6-4-12(5-7-13)9-17-11(3)8-16-14(17)15/h4-8,10H,9H2,1-3H3,(H2,15,16). The highest BCUT2D eigenvalue weighted by molar-refractivity contribution is 5.28. The molecule has 2 aromatic rings. The van der Waals surface area contributed by atoms with E-state index in [4.69, 9.17) is 5.73 Å². The van der Waals surface area contributed by atoms with Crippen molar-refractivity contribution in [2.24, 2.45) is 0 Å². The smallest absolute Gasteiger partial charge is 0.200 e. The Kier molecular flexibility index (Phi) is 3.18. The first-order valence-electron chi connectivity index (χ1n) is 5.94. The van der Waals surface area contributed by atoms with Crippen LogP contribution in [-0.4, -0.2) is 9.55 Å². The Balaban J connectivity index is 2.19. The van der Waals surface area contributed by atoms with Crippen LogP contribution in [0.5, 0.6) is 0 Å². The lowest BCUT2D eigenvalue weighted by molar-refractivity contribution is 0.780. The molecule has 0 radical (unpaired) electrons. The summed E-state index contributed by atoms with van der Waals surface area (Å²) in [6.45, 7) is 7.21. The zero-order valence-corrected chi connectivity index (χ0v) is 10.6. The fourth-order valence-electron chi connectivity index (χ4n) is 1.88. The van der Waals surface area contributed by atoms with Crippen molar-refractivity contribution in [3.05, 3.63) is 47.3 Å². The molecule has 2 N–H and O–H groups in total. The van der Waals surface area contributed by atoms with E-state index in [-0.39, 0.29) is 0 Å². The molecular formula is C14H19N3. The molecule has 2 rings (SSSR count). The van der Waals surface area contributed by atoms with Crippen LogP contribution in [0.4, 0.5) is 5.95 Å². The maximum absolute atomic E-state index is 5.82. The zero-order chi connectivity index (χ0) is 12.4. The second-order valence-electron chi connectivity index (χ2n) is 4.74. The maximum atomic E-state index is 5.82. The molecule has 1 heterocycles. The Morgan fingerprint density at radius 1 is 1.24 bits per heavy atom. The summed E-state index contributed by atoms with van der Waals surface area (Å²) < 4.78 is 2.02. The van der Waals surface area contributed by atoms with E-state index in [2.05, 4.69) is 43.1 Å². The van der Waals surface area contributed by atoms with Crippen molar-refractivity contribution in [3.63, 3.8) is 0 Å². The molecule has 1 aromatic heterocycles. The summed E-state index contributed by atoms with van der Waals surface area (Å²) in [6, 6.07) is 8.69. The van der Waals surface area contributed by atoms with Crippen molar-refractivity contribution in [3.8, 4) is 0 Å². The average molecular weight is 229 g/mol. The third-order valence-electron chi connectivity index (χ3n) is 3.07. The van der Waals surface area contributed by atoms with E-state index in [1.54, 1.807) is 6.20 Å². The fourth-order valence-corrected chi connectivity index (χ4v) is 1.88. The number of nitrogens with two attached hydrogens (primary N) is 1. The molecular weight excluding hydrogens is 210 g/mol. The fraction of sp³-hybridized carbons (Fsp3) is 0.357. The van der Waals surface area contributed by atoms with Gasteiger partial charge in [-0.1, -0.05) is 38.1 Å². The van der Waals surface area contributed by atoms with Crippen LogP contribution in [0.3, 0.4) is 0 Å². The van der Waals surface area contributed by atoms with Crippen molar-refractivity contribution in [2.45, 2.75) is 33.2 Å². The van der Waals surface area contributed by atoms with Gasteiger partial charge in [0.05, 0.1) is 12.7 Å². The van der Waals surface area contributed by atoms with Crippen LogP contribution >= 0.6 is 0 Å². The topological polar surface area (TPSA) is 43.8 Å². The molecule has 1 aromatic carbocycles. The molecule has 90 valence electrons. The lowest BCUT2D eigenvalue weighted by Gasteiger charge is -2.09. The van der Waals surface area contributed by atoms with Gasteiger partial charge in [-0.2, -0.15) is 0 Å². The molecule has 0 spiro atoms. The van der Waals surface area contributed by atoms with Crippen LogP contribution in [0.25, 0.3) is 0 Å². The first-order valence-corrected chi connectivity index (χ1v) is 5.94. The maximum Gasteiger partial charge on any atom is 0.200 e. The van der Waals surface area contributed by atoms with Crippen LogP contribution in [0.1, 0.15) is 36.6 Å². The quantitative estimate of drug-likeness (QED) is 0.879. The van der Waals surface area contributed by atoms with Crippen molar-refractivity contribution < 1.29 is 0 Å². The van der Waals surface area contributed by atoms with Gasteiger partial charge in [-0.25, -0.2) is 4.98 Å². The number of anilines is 1. The number of nitrogen functional groups attached to an aromatic ring is 1. The van der Waals surface area contributed by atoms with Gasteiger partial charge in [0.25, 0.3) is 0 Å². The predicted molar refractivity (Wildman–Crippen MR) is 71.0 cm³/mol. The van der Waals surface area contributed by atoms with Crippen molar-refractivity contribution in [2.75, 3.05) is 5.73 Å². The molecule has 0 bridgehead atoms. The minimum Gasteiger partial charge on any atom is -0.369 e. The monoisotopic (exact) mass is 229 g/mol. The van der Waals surface area contributed by atoms with Gasteiger partial charge >= 0.3 is 0 Å². The van der Waals surface area contributed by atoms with Crippen LogP contribution in [0.2, 0.25) is 0 Å². The van der Waals surface area contributed by atoms with E-state index in [1.165, 1.54) is 11.1 Å². The van der Waals surface area contributed by atoms with Gasteiger partial charge in [-0.05, 0) is 24.0 Å². The van der Waals surface area contributed by atoms with E-state index in [0.29, 0.717) is 11.9 Å². The Hall–Kier alpha value is -1.77.